The lowest BCUT2D eigenvalue weighted by Crippen LogP contribution is -2.37. The molecule has 0 unspecified atom stereocenters. The summed E-state index contributed by atoms with van der Waals surface area (Å²) in [6.45, 7) is -0.151. The van der Waals surface area contributed by atoms with Gasteiger partial charge in [0.25, 0.3) is 5.91 Å². The maximum absolute atomic E-state index is 12.1. The number of benzene rings is 3. The first-order valence-corrected chi connectivity index (χ1v) is 9.32. The second-order valence-corrected chi connectivity index (χ2v) is 6.82. The summed E-state index contributed by atoms with van der Waals surface area (Å²) in [4.78, 5) is 12.1. The lowest BCUT2D eigenvalue weighted by Gasteiger charge is -2.12. The predicted molar refractivity (Wildman–Crippen MR) is 115 cm³/mol. The number of halogens is 1. The molecule has 3 rings (SSSR count). The normalized spacial score (nSPS) is 10.3. The van der Waals surface area contributed by atoms with E-state index >= 15 is 0 Å². The van der Waals surface area contributed by atoms with Gasteiger partial charge < -0.3 is 14.8 Å². The fourth-order valence-electron chi connectivity index (χ4n) is 2.47. The van der Waals surface area contributed by atoms with Crippen LogP contribution in [-0.4, -0.2) is 24.7 Å². The van der Waals surface area contributed by atoms with Gasteiger partial charge in [0.2, 0.25) is 0 Å². The first-order valence-electron chi connectivity index (χ1n) is 8.12. The average Bonchev–Trinajstić information content (AvgIpc) is 2.68. The third-order valence-corrected chi connectivity index (χ3v) is 4.81. The van der Waals surface area contributed by atoms with Crippen molar-refractivity contribution in [1.82, 2.24) is 5.32 Å². The first-order chi connectivity index (χ1) is 13.1. The minimum Gasteiger partial charge on any atom is -0.497 e. The lowest BCUT2D eigenvalue weighted by molar-refractivity contribution is -0.121. The molecule has 3 aromatic rings. The minimum atomic E-state index is -0.346. The van der Waals surface area contributed by atoms with Crippen molar-refractivity contribution in [2.24, 2.45) is 0 Å². The van der Waals surface area contributed by atoms with Crippen molar-refractivity contribution in [3.8, 4) is 11.5 Å². The molecule has 0 saturated carbocycles. The van der Waals surface area contributed by atoms with Crippen LogP contribution in [0.4, 0.5) is 5.69 Å². The summed E-state index contributed by atoms with van der Waals surface area (Å²) in [5.41, 5.74) is 0.749. The number of methoxy groups -OCH3 is 1. The van der Waals surface area contributed by atoms with Crippen molar-refractivity contribution < 1.29 is 14.3 Å². The second kappa shape index (κ2) is 8.83. The molecule has 0 radical (unpaired) electrons. The van der Waals surface area contributed by atoms with E-state index in [1.807, 2.05) is 36.4 Å². The Morgan fingerprint density at radius 3 is 2.56 bits per heavy atom. The molecule has 0 spiro atoms. The van der Waals surface area contributed by atoms with Crippen molar-refractivity contribution in [2.75, 3.05) is 19.0 Å². The van der Waals surface area contributed by atoms with E-state index in [0.29, 0.717) is 5.75 Å². The standard InChI is InChI=1S/C20H17BrN2O3S/c1-25-15-9-7-14(8-10-15)22-20(27)23-18(24)12-26-17-11-6-13-4-2-3-5-16(13)19(17)21/h2-11H,12H2,1H3,(H2,22,23,24,27). The Morgan fingerprint density at radius 2 is 1.81 bits per heavy atom. The van der Waals surface area contributed by atoms with Gasteiger partial charge in [-0.3, -0.25) is 10.1 Å². The summed E-state index contributed by atoms with van der Waals surface area (Å²) in [5.74, 6) is 0.990. The second-order valence-electron chi connectivity index (χ2n) is 5.62. The zero-order valence-corrected chi connectivity index (χ0v) is 16.9. The Kier molecular flexibility index (Phi) is 6.26. The van der Waals surface area contributed by atoms with Crippen molar-refractivity contribution in [3.63, 3.8) is 0 Å². The van der Waals surface area contributed by atoms with E-state index in [1.165, 1.54) is 0 Å². The van der Waals surface area contributed by atoms with Crippen molar-refractivity contribution in [2.45, 2.75) is 0 Å². The highest BCUT2D eigenvalue weighted by atomic mass is 79.9. The Labute approximate surface area is 170 Å². The number of anilines is 1. The number of ether oxygens (including phenoxy) is 2. The predicted octanol–water partition coefficient (Wildman–Crippen LogP) is 4.50. The van der Waals surface area contributed by atoms with E-state index in [2.05, 4.69) is 26.6 Å². The van der Waals surface area contributed by atoms with Crippen LogP contribution in [0.1, 0.15) is 0 Å². The van der Waals surface area contributed by atoms with Crippen LogP contribution in [0.5, 0.6) is 11.5 Å². The van der Waals surface area contributed by atoms with Gasteiger partial charge in [0.1, 0.15) is 11.5 Å². The van der Waals surface area contributed by atoms with Gasteiger partial charge in [-0.1, -0.05) is 30.3 Å². The molecule has 5 nitrogen and oxygen atoms in total. The zero-order valence-electron chi connectivity index (χ0n) is 14.5. The summed E-state index contributed by atoms with van der Waals surface area (Å²) in [6.07, 6.45) is 0. The molecular weight excluding hydrogens is 428 g/mol. The number of hydrogen-bond acceptors (Lipinski definition) is 4. The molecular formula is C20H17BrN2O3S. The molecule has 3 aromatic carbocycles. The van der Waals surface area contributed by atoms with Gasteiger partial charge in [-0.15, -0.1) is 0 Å². The summed E-state index contributed by atoms with van der Waals surface area (Å²) < 4.78 is 11.5. The van der Waals surface area contributed by atoms with Crippen LogP contribution in [0.3, 0.4) is 0 Å². The molecule has 138 valence electrons. The first kappa shape index (κ1) is 19.1. The van der Waals surface area contributed by atoms with Crippen LogP contribution in [-0.2, 0) is 4.79 Å². The molecule has 0 aliphatic rings. The molecule has 27 heavy (non-hydrogen) atoms. The highest BCUT2D eigenvalue weighted by Crippen LogP contribution is 2.32. The fraction of sp³-hybridized carbons (Fsp3) is 0.100. The van der Waals surface area contributed by atoms with Crippen molar-refractivity contribution in [1.29, 1.82) is 0 Å². The molecule has 0 heterocycles. The van der Waals surface area contributed by atoms with E-state index in [9.17, 15) is 4.79 Å². The topological polar surface area (TPSA) is 59.6 Å². The fourth-order valence-corrected chi connectivity index (χ4v) is 3.31. The number of amides is 1. The summed E-state index contributed by atoms with van der Waals surface area (Å²) >= 11 is 8.69. The van der Waals surface area contributed by atoms with E-state index in [-0.39, 0.29) is 17.6 Å². The number of carbonyl (C=O) groups is 1. The molecule has 0 fully saturated rings. The average molecular weight is 445 g/mol. The molecule has 1 amide bonds. The van der Waals surface area contributed by atoms with Gasteiger partial charge in [-0.2, -0.15) is 0 Å². The Hall–Kier alpha value is -2.64. The zero-order chi connectivity index (χ0) is 19.2. The maximum Gasteiger partial charge on any atom is 0.264 e. The number of hydrogen-bond donors (Lipinski definition) is 2. The van der Waals surface area contributed by atoms with Crippen molar-refractivity contribution in [3.05, 3.63) is 65.1 Å². The number of rotatable bonds is 5. The smallest absolute Gasteiger partial charge is 0.264 e. The summed E-state index contributed by atoms with van der Waals surface area (Å²) in [7, 11) is 1.60. The van der Waals surface area contributed by atoms with Gasteiger partial charge in [0.05, 0.1) is 11.6 Å². The maximum atomic E-state index is 12.1. The Balaban J connectivity index is 1.54. The van der Waals surface area contributed by atoms with E-state index in [0.717, 1.165) is 26.7 Å². The largest absolute Gasteiger partial charge is 0.497 e. The van der Waals surface area contributed by atoms with Gasteiger partial charge in [0, 0.05) is 5.69 Å². The van der Waals surface area contributed by atoms with Crippen LogP contribution in [0.25, 0.3) is 10.8 Å². The quantitative estimate of drug-likeness (QED) is 0.567. The number of carbonyl (C=O) groups excluding carboxylic acids is 1. The lowest BCUT2D eigenvalue weighted by atomic mass is 10.1. The number of nitrogens with one attached hydrogen (secondary N) is 2. The minimum absolute atomic E-state index is 0.151. The Bertz CT molecular complexity index is 977. The van der Waals surface area contributed by atoms with Gasteiger partial charge in [0.15, 0.2) is 11.7 Å². The van der Waals surface area contributed by atoms with Gasteiger partial charge >= 0.3 is 0 Å². The Morgan fingerprint density at radius 1 is 1.07 bits per heavy atom. The summed E-state index contributed by atoms with van der Waals surface area (Å²) in [5, 5.41) is 7.84. The summed E-state index contributed by atoms with van der Waals surface area (Å²) in [6, 6.07) is 18.9. The molecule has 0 aliphatic heterocycles. The van der Waals surface area contributed by atoms with Crippen LogP contribution < -0.4 is 20.1 Å². The highest BCUT2D eigenvalue weighted by molar-refractivity contribution is 9.10. The molecule has 0 bridgehead atoms. The molecule has 0 atom stereocenters. The van der Waals surface area contributed by atoms with E-state index in [1.54, 1.807) is 31.4 Å². The van der Waals surface area contributed by atoms with E-state index < -0.39 is 0 Å². The van der Waals surface area contributed by atoms with Crippen LogP contribution >= 0.6 is 28.1 Å². The number of fused-ring (bicyclic) bond motifs is 1. The van der Waals surface area contributed by atoms with Crippen LogP contribution in [0, 0.1) is 0 Å². The molecule has 0 aromatic heterocycles. The van der Waals surface area contributed by atoms with Gasteiger partial charge in [-0.25, -0.2) is 0 Å². The molecule has 7 heteroatoms. The third kappa shape index (κ3) is 4.96. The van der Waals surface area contributed by atoms with Crippen molar-refractivity contribution >= 4 is 55.6 Å². The third-order valence-electron chi connectivity index (χ3n) is 3.79. The molecule has 0 aliphatic carbocycles. The number of thiocarbonyl (C=S) groups is 1. The SMILES string of the molecule is COc1ccc(NC(=S)NC(=O)COc2ccc3ccccc3c2Br)cc1. The van der Waals surface area contributed by atoms with E-state index in [4.69, 9.17) is 21.7 Å². The monoisotopic (exact) mass is 444 g/mol. The highest BCUT2D eigenvalue weighted by Gasteiger charge is 2.10. The van der Waals surface area contributed by atoms with Crippen LogP contribution in [0.15, 0.2) is 65.1 Å². The van der Waals surface area contributed by atoms with Crippen LogP contribution in [0.2, 0.25) is 0 Å². The molecule has 2 N–H and O–H groups in total. The van der Waals surface area contributed by atoms with Gasteiger partial charge in [-0.05, 0) is 69.3 Å². The molecule has 0 saturated heterocycles.